The van der Waals surface area contributed by atoms with Crippen LogP contribution in [0.25, 0.3) is 65.7 Å². The highest BCUT2D eigenvalue weighted by molar-refractivity contribution is 9.11. The summed E-state index contributed by atoms with van der Waals surface area (Å²) in [6.07, 6.45) is 11.0. The molecule has 564 valence electrons. The molecule has 4 unspecified atom stereocenters. The van der Waals surface area contributed by atoms with E-state index in [9.17, 15) is 0 Å². The number of ether oxygens (including phenoxy) is 1. The average molecular weight is 1870 g/mol. The Labute approximate surface area is 720 Å². The van der Waals surface area contributed by atoms with E-state index in [1.165, 1.54) is 131 Å². The minimum atomic E-state index is 0.142. The lowest BCUT2D eigenvalue weighted by Crippen LogP contribution is -2.25. The molecule has 15 aromatic rings. The van der Waals surface area contributed by atoms with Crippen molar-refractivity contribution in [3.05, 3.63) is 370 Å². The summed E-state index contributed by atoms with van der Waals surface area (Å²) >= 11 is 21.8. The van der Waals surface area contributed by atoms with Gasteiger partial charge in [0.2, 0.25) is 0 Å². The Bertz CT molecular complexity index is 6010. The maximum absolute atomic E-state index is 6.22. The van der Waals surface area contributed by atoms with E-state index < -0.39 is 0 Å². The van der Waals surface area contributed by atoms with Crippen LogP contribution in [0.2, 0.25) is 0 Å². The van der Waals surface area contributed by atoms with Crippen molar-refractivity contribution in [2.75, 3.05) is 14.7 Å². The quantitative estimate of drug-likeness (QED) is 0.121. The van der Waals surface area contributed by atoms with E-state index in [4.69, 9.17) is 4.74 Å². The molecule has 3 fully saturated rings. The zero-order valence-corrected chi connectivity index (χ0v) is 73.6. The summed E-state index contributed by atoms with van der Waals surface area (Å²) in [6.45, 7) is 9.54. The molecule has 0 aromatic heterocycles. The summed E-state index contributed by atoms with van der Waals surface area (Å²) in [5.41, 5.74) is 27.1. The van der Waals surface area contributed by atoms with Crippen LogP contribution in [0.4, 0.5) is 51.2 Å². The topological polar surface area (TPSA) is 19.0 Å². The van der Waals surface area contributed by atoms with Crippen LogP contribution in [0.15, 0.2) is 336 Å². The van der Waals surface area contributed by atoms with E-state index >= 15 is 0 Å². The summed E-state index contributed by atoms with van der Waals surface area (Å²) in [6, 6.07) is 113. The predicted molar refractivity (Wildman–Crippen MR) is 500 cm³/mol. The second-order valence-electron chi connectivity index (χ2n) is 33.4. The molecule has 114 heavy (non-hydrogen) atoms. The molecular weight excluding hydrogens is 1790 g/mol. The van der Waals surface area contributed by atoms with Crippen molar-refractivity contribution in [1.82, 2.24) is 0 Å². The molecule has 4 nitrogen and oxygen atoms in total. The van der Waals surface area contributed by atoms with Gasteiger partial charge in [-0.05, 0) is 356 Å². The minimum absolute atomic E-state index is 0.142. The van der Waals surface area contributed by atoms with Gasteiger partial charge in [0, 0.05) is 77.7 Å². The normalized spacial score (nSPS) is 18.8. The maximum Gasteiger partial charge on any atom is 0.0838 e. The molecule has 15 aromatic carbocycles. The zero-order chi connectivity index (χ0) is 77.7. The second kappa shape index (κ2) is 31.1. The van der Waals surface area contributed by atoms with Gasteiger partial charge in [0.05, 0.1) is 29.3 Å². The first-order valence-electron chi connectivity index (χ1n) is 40.0. The molecule has 5 aliphatic carbocycles. The standard InChI is InChI=1S/C37H31Br2N.C35H31Br2N.C32H23Br2NO/c38-30-6-10-32(11-7-30)40(33-12-8-31(39)9-13-33)37-22-26-4-2-1-3-25(26)20-36(37)27-5-14-34-28-16-23-15-24(17-28)19-29(18-23)35(34)21-27;1-34(2)22-35(3,4)32-20-25(9-18-31(32)34)30-19-23-7-5-6-8-24(23)21-33(30)38(28-14-10-26(36)11-15-28)29-16-12-27(37)13-17-29;33-23-6-10-25(11-7-23)35(26-12-8-24(34)9-13-26)30-19-21-4-2-1-3-20(21)17-28(30)22-5-14-27-29(18-22)32-16-15-31(27)36-32/h1-14,20-24,28-29H,15-19H2;5-21H,22H2,1-4H3;1-14,17-19,31-32H,15-16H2. The van der Waals surface area contributed by atoms with Crippen LogP contribution in [0.5, 0.6) is 0 Å². The van der Waals surface area contributed by atoms with Crippen molar-refractivity contribution < 1.29 is 4.74 Å². The molecule has 0 N–H and O–H groups in total. The lowest BCUT2D eigenvalue weighted by Gasteiger charge is -2.38. The molecule has 7 aliphatic rings. The predicted octanol–water partition coefficient (Wildman–Crippen LogP) is 33.8. The van der Waals surface area contributed by atoms with Crippen LogP contribution in [-0.2, 0) is 15.6 Å². The van der Waals surface area contributed by atoms with Gasteiger partial charge in [-0.25, -0.2) is 0 Å². The van der Waals surface area contributed by atoms with Gasteiger partial charge in [-0.1, -0.05) is 245 Å². The van der Waals surface area contributed by atoms with Gasteiger partial charge in [0.15, 0.2) is 0 Å². The molecule has 22 rings (SSSR count). The summed E-state index contributed by atoms with van der Waals surface area (Å²) in [7, 11) is 0. The van der Waals surface area contributed by atoms with Gasteiger partial charge < -0.3 is 19.4 Å². The largest absolute Gasteiger partial charge is 0.366 e. The van der Waals surface area contributed by atoms with E-state index in [1.54, 1.807) is 11.1 Å². The van der Waals surface area contributed by atoms with Crippen molar-refractivity contribution >= 4 is 179 Å². The van der Waals surface area contributed by atoms with E-state index in [1.807, 2.05) is 0 Å². The van der Waals surface area contributed by atoms with E-state index in [2.05, 4.69) is 447 Å². The molecule has 0 amide bonds. The number of fused-ring (bicyclic) bond motifs is 9. The van der Waals surface area contributed by atoms with Crippen LogP contribution in [0.1, 0.15) is 136 Å². The van der Waals surface area contributed by atoms with Gasteiger partial charge in [-0.15, -0.1) is 0 Å². The molecule has 6 bridgehead atoms. The first-order valence-corrected chi connectivity index (χ1v) is 44.7. The fraction of sp³-hybridized carbons (Fsp3) is 0.192. The van der Waals surface area contributed by atoms with E-state index in [-0.39, 0.29) is 23.0 Å². The Morgan fingerprint density at radius 2 is 0.561 bits per heavy atom. The molecule has 0 radical (unpaired) electrons. The molecule has 2 saturated carbocycles. The minimum Gasteiger partial charge on any atom is -0.366 e. The third kappa shape index (κ3) is 14.8. The Balaban J connectivity index is 0.000000115. The lowest BCUT2D eigenvalue weighted by atomic mass is 9.67. The van der Waals surface area contributed by atoms with Crippen molar-refractivity contribution in [3.8, 4) is 33.4 Å². The van der Waals surface area contributed by atoms with Gasteiger partial charge in [0.1, 0.15) is 0 Å². The van der Waals surface area contributed by atoms with Gasteiger partial charge in [-0.3, -0.25) is 0 Å². The monoisotopic (exact) mass is 1870 g/mol. The lowest BCUT2D eigenvalue weighted by molar-refractivity contribution is 0.0717. The van der Waals surface area contributed by atoms with Gasteiger partial charge in [0.25, 0.3) is 0 Å². The number of nitrogens with zero attached hydrogens (tertiary/aromatic N) is 3. The van der Waals surface area contributed by atoms with Crippen molar-refractivity contribution in [3.63, 3.8) is 0 Å². The number of rotatable bonds is 12. The first-order chi connectivity index (χ1) is 55.3. The third-order valence-electron chi connectivity index (χ3n) is 25.0. The van der Waals surface area contributed by atoms with Crippen molar-refractivity contribution in [2.24, 2.45) is 11.8 Å². The molecule has 4 atom stereocenters. The van der Waals surface area contributed by atoms with Crippen LogP contribution >= 0.6 is 95.6 Å². The molecule has 0 spiro atoms. The fourth-order valence-electron chi connectivity index (χ4n) is 20.1. The van der Waals surface area contributed by atoms with Crippen LogP contribution in [0, 0.1) is 11.8 Å². The maximum atomic E-state index is 6.22. The number of benzene rings is 15. The van der Waals surface area contributed by atoms with Crippen molar-refractivity contribution in [1.29, 1.82) is 0 Å². The second-order valence-corrected chi connectivity index (χ2v) is 38.9. The Hall–Kier alpha value is -8.68. The SMILES string of the molecule is Brc1ccc(N(c2ccc(Br)cc2)c2cc3ccccc3cc2-c2ccc3c(c2)C2CC4CC(CC3C4)C2)cc1.Brc1ccc(N(c2ccc(Br)cc2)c2cc3ccccc3cc2-c2ccc3c(c2)C2CCC3O2)cc1.CC1(C)CC(C)(C)c2cc(-c3cc4ccccc4cc3N(c3ccc(Br)cc3)c3ccc(Br)cc3)ccc21. The highest BCUT2D eigenvalue weighted by Gasteiger charge is 2.44. The average Bonchev–Trinajstić information content (AvgIpc) is 1.54. The third-order valence-corrected chi connectivity index (χ3v) is 28.2. The van der Waals surface area contributed by atoms with Crippen LogP contribution in [0.3, 0.4) is 0 Å². The number of anilines is 9. The Morgan fingerprint density at radius 3 is 0.921 bits per heavy atom. The van der Waals surface area contributed by atoms with Crippen LogP contribution in [-0.4, -0.2) is 0 Å². The molecule has 2 aliphatic heterocycles. The summed E-state index contributed by atoms with van der Waals surface area (Å²) in [5.74, 6) is 3.35. The highest BCUT2D eigenvalue weighted by Crippen LogP contribution is 2.59. The Kier molecular flexibility index (Phi) is 20.5. The van der Waals surface area contributed by atoms with Gasteiger partial charge >= 0.3 is 0 Å². The van der Waals surface area contributed by atoms with E-state index in [0.717, 1.165) is 110 Å². The van der Waals surface area contributed by atoms with Crippen LogP contribution < -0.4 is 14.7 Å². The Morgan fingerprint density at radius 1 is 0.272 bits per heavy atom. The highest BCUT2D eigenvalue weighted by atomic mass is 79.9. The number of hydrogen-bond donors (Lipinski definition) is 0. The molecule has 1 saturated heterocycles. The van der Waals surface area contributed by atoms with Crippen molar-refractivity contribution in [2.45, 2.75) is 114 Å². The summed E-state index contributed by atoms with van der Waals surface area (Å²) in [4.78, 5) is 7.15. The zero-order valence-electron chi connectivity index (χ0n) is 64.1. The number of halogens is 6. The summed E-state index contributed by atoms with van der Waals surface area (Å²) < 4.78 is 12.7. The van der Waals surface area contributed by atoms with Gasteiger partial charge in [-0.2, -0.15) is 0 Å². The first kappa shape index (κ1) is 75.4. The molecule has 2 heterocycles. The molecule has 10 heteroatoms. The van der Waals surface area contributed by atoms with E-state index in [0.29, 0.717) is 0 Å². The molecular formula is C104H85Br6N3O. The summed E-state index contributed by atoms with van der Waals surface area (Å²) in [5, 5.41) is 7.47. The fourth-order valence-corrected chi connectivity index (χ4v) is 21.7. The number of hydrogen-bond acceptors (Lipinski definition) is 4. The smallest absolute Gasteiger partial charge is 0.0838 e.